The Morgan fingerprint density at radius 2 is 2.20 bits per heavy atom. The molecule has 112 valence electrons. The van der Waals surface area contributed by atoms with Crippen LogP contribution in [0.3, 0.4) is 0 Å². The molecule has 7 nitrogen and oxygen atoms in total. The van der Waals surface area contributed by atoms with Crippen LogP contribution >= 0.6 is 0 Å². The molecule has 0 radical (unpaired) electrons. The molecule has 1 aliphatic rings. The third-order valence-corrected chi connectivity index (χ3v) is 5.05. The van der Waals surface area contributed by atoms with Crippen molar-refractivity contribution < 1.29 is 17.6 Å². The van der Waals surface area contributed by atoms with E-state index in [0.717, 1.165) is 0 Å². The third kappa shape index (κ3) is 3.59. The smallest absolute Gasteiger partial charge is 0.301 e. The van der Waals surface area contributed by atoms with Crippen molar-refractivity contribution in [2.45, 2.75) is 19.9 Å². The van der Waals surface area contributed by atoms with Gasteiger partial charge in [0.05, 0.1) is 18.1 Å². The second kappa shape index (κ2) is 5.94. The molecule has 1 fully saturated rings. The molecule has 2 heterocycles. The molecule has 0 bridgehead atoms. The molecular weight excluding hydrogens is 282 g/mol. The molecule has 0 saturated carbocycles. The lowest BCUT2D eigenvalue weighted by Crippen LogP contribution is -2.30. The molecule has 0 aromatic carbocycles. The molecule has 0 spiro atoms. The fraction of sp³-hybridized carbons (Fsp3) is 0.583. The summed E-state index contributed by atoms with van der Waals surface area (Å²) in [6.07, 6.45) is 0.623. The number of amides is 1. The predicted molar refractivity (Wildman–Crippen MR) is 73.6 cm³/mol. The first-order valence-corrected chi connectivity index (χ1v) is 8.26. The van der Waals surface area contributed by atoms with Gasteiger partial charge in [0.15, 0.2) is 15.6 Å². The lowest BCUT2D eigenvalue weighted by atomic mass is 10.2. The molecule has 8 heteroatoms. The maximum atomic E-state index is 11.5. The van der Waals surface area contributed by atoms with E-state index < -0.39 is 15.7 Å². The quantitative estimate of drug-likeness (QED) is 0.455. The van der Waals surface area contributed by atoms with E-state index in [1.54, 1.807) is 13.0 Å². The molecule has 1 aliphatic heterocycles. The number of hydrogen-bond acceptors (Lipinski definition) is 6. The summed E-state index contributed by atoms with van der Waals surface area (Å²) in [7, 11) is -2.92. The van der Waals surface area contributed by atoms with E-state index in [2.05, 4.69) is 0 Å². The van der Waals surface area contributed by atoms with Gasteiger partial charge in [0.1, 0.15) is 5.76 Å². The van der Waals surface area contributed by atoms with E-state index >= 15 is 0 Å². The van der Waals surface area contributed by atoms with Crippen molar-refractivity contribution in [2.24, 2.45) is 5.84 Å². The van der Waals surface area contributed by atoms with E-state index in [4.69, 9.17) is 10.3 Å². The number of sulfone groups is 1. The Kier molecular flexibility index (Phi) is 4.46. The molecule has 1 saturated heterocycles. The summed E-state index contributed by atoms with van der Waals surface area (Å²) in [5, 5.41) is 0. The highest BCUT2D eigenvalue weighted by atomic mass is 32.2. The second-order valence-corrected chi connectivity index (χ2v) is 7.28. The largest absolute Gasteiger partial charge is 0.454 e. The molecule has 2 rings (SSSR count). The number of furan rings is 1. The van der Waals surface area contributed by atoms with E-state index in [1.807, 2.05) is 10.3 Å². The summed E-state index contributed by atoms with van der Waals surface area (Å²) in [6, 6.07) is 1.78. The van der Waals surface area contributed by atoms with Crippen molar-refractivity contribution in [2.75, 3.05) is 24.6 Å². The number of hydrazine groups is 1. The summed E-state index contributed by atoms with van der Waals surface area (Å²) in [5.74, 6) is 5.86. The zero-order valence-electron chi connectivity index (χ0n) is 11.4. The Bertz CT molecular complexity index is 594. The minimum absolute atomic E-state index is 0.169. The van der Waals surface area contributed by atoms with Crippen molar-refractivity contribution in [3.05, 3.63) is 23.2 Å². The minimum atomic E-state index is -2.92. The maximum absolute atomic E-state index is 11.5. The molecule has 20 heavy (non-hydrogen) atoms. The Labute approximate surface area is 118 Å². The number of carbonyl (C=O) groups is 1. The Balaban J connectivity index is 2.05. The fourth-order valence-electron chi connectivity index (χ4n) is 2.29. The highest BCUT2D eigenvalue weighted by molar-refractivity contribution is 7.91. The predicted octanol–water partition coefficient (Wildman–Crippen LogP) is -0.188. The van der Waals surface area contributed by atoms with Gasteiger partial charge in [-0.2, -0.15) is 0 Å². The molecule has 1 amide bonds. The molecule has 0 atom stereocenters. The fourth-order valence-corrected chi connectivity index (χ4v) is 3.60. The monoisotopic (exact) mass is 301 g/mol. The van der Waals surface area contributed by atoms with Crippen LogP contribution in [-0.4, -0.2) is 43.8 Å². The molecule has 1 aromatic heterocycles. The Morgan fingerprint density at radius 3 is 2.90 bits per heavy atom. The summed E-state index contributed by atoms with van der Waals surface area (Å²) in [6.45, 7) is 3.45. The number of nitrogens with two attached hydrogens (primary N) is 1. The van der Waals surface area contributed by atoms with Crippen LogP contribution in [-0.2, 0) is 16.4 Å². The Hall–Kier alpha value is -1.38. The van der Waals surface area contributed by atoms with Crippen molar-refractivity contribution in [3.63, 3.8) is 0 Å². The van der Waals surface area contributed by atoms with Crippen LogP contribution in [0.25, 0.3) is 0 Å². The van der Waals surface area contributed by atoms with Gasteiger partial charge in [-0.15, -0.1) is 0 Å². The second-order valence-electron chi connectivity index (χ2n) is 4.98. The third-order valence-electron chi connectivity index (χ3n) is 3.33. The van der Waals surface area contributed by atoms with Gasteiger partial charge in [0.2, 0.25) is 0 Å². The topological polar surface area (TPSA) is 106 Å². The van der Waals surface area contributed by atoms with E-state index in [1.165, 1.54) is 0 Å². The van der Waals surface area contributed by atoms with Crippen LogP contribution in [0.1, 0.15) is 28.3 Å². The van der Waals surface area contributed by atoms with Gasteiger partial charge in [0.25, 0.3) is 0 Å². The molecule has 3 N–H and O–H groups in total. The molecule has 1 aromatic rings. The highest BCUT2D eigenvalue weighted by Crippen LogP contribution is 2.17. The summed E-state index contributed by atoms with van der Waals surface area (Å²) in [4.78, 5) is 13.5. The molecular formula is C12H19N3O4S. The minimum Gasteiger partial charge on any atom is -0.454 e. The first kappa shape index (κ1) is 15.0. The lowest BCUT2D eigenvalue weighted by molar-refractivity contribution is 0.0921. The summed E-state index contributed by atoms with van der Waals surface area (Å²) < 4.78 is 28.6. The number of carbonyl (C=O) groups excluding carboxylic acids is 1. The van der Waals surface area contributed by atoms with Gasteiger partial charge in [-0.3, -0.25) is 15.1 Å². The number of rotatable bonds is 3. The molecule has 0 unspecified atom stereocenters. The van der Waals surface area contributed by atoms with Gasteiger partial charge in [-0.1, -0.05) is 0 Å². The van der Waals surface area contributed by atoms with Crippen molar-refractivity contribution in [1.29, 1.82) is 0 Å². The van der Waals surface area contributed by atoms with Crippen molar-refractivity contribution in [1.82, 2.24) is 10.3 Å². The molecule has 0 aliphatic carbocycles. The van der Waals surface area contributed by atoms with Crippen LogP contribution in [0, 0.1) is 6.92 Å². The summed E-state index contributed by atoms with van der Waals surface area (Å²) in [5.41, 5.74) is 2.75. The lowest BCUT2D eigenvalue weighted by Gasteiger charge is -2.17. The van der Waals surface area contributed by atoms with Crippen LogP contribution in [0.4, 0.5) is 0 Å². The van der Waals surface area contributed by atoms with Crippen molar-refractivity contribution >= 4 is 15.7 Å². The van der Waals surface area contributed by atoms with Gasteiger partial charge >= 0.3 is 5.91 Å². The normalized spacial score (nSPS) is 19.5. The van der Waals surface area contributed by atoms with Crippen LogP contribution in [0.5, 0.6) is 0 Å². The maximum Gasteiger partial charge on any atom is 0.301 e. The van der Waals surface area contributed by atoms with E-state index in [-0.39, 0.29) is 17.3 Å². The zero-order valence-corrected chi connectivity index (χ0v) is 12.2. The van der Waals surface area contributed by atoms with Crippen molar-refractivity contribution in [3.8, 4) is 0 Å². The highest BCUT2D eigenvalue weighted by Gasteiger charge is 2.21. The Morgan fingerprint density at radius 1 is 1.45 bits per heavy atom. The number of nitrogens with zero attached hydrogens (tertiary/aromatic N) is 1. The van der Waals surface area contributed by atoms with Gasteiger partial charge in [0, 0.05) is 12.1 Å². The van der Waals surface area contributed by atoms with Crippen LogP contribution in [0.2, 0.25) is 0 Å². The van der Waals surface area contributed by atoms with E-state index in [9.17, 15) is 13.2 Å². The van der Waals surface area contributed by atoms with Gasteiger partial charge in [-0.25, -0.2) is 14.3 Å². The number of aryl methyl sites for hydroxylation is 1. The number of nitrogens with one attached hydrogen (secondary N) is 1. The average molecular weight is 301 g/mol. The van der Waals surface area contributed by atoms with Gasteiger partial charge < -0.3 is 4.42 Å². The van der Waals surface area contributed by atoms with Crippen LogP contribution < -0.4 is 11.3 Å². The first-order chi connectivity index (χ1) is 9.41. The first-order valence-electron chi connectivity index (χ1n) is 6.44. The van der Waals surface area contributed by atoms with E-state index in [0.29, 0.717) is 37.4 Å². The summed E-state index contributed by atoms with van der Waals surface area (Å²) >= 11 is 0. The number of hydrogen-bond donors (Lipinski definition) is 2. The average Bonchev–Trinajstić information content (AvgIpc) is 2.66. The van der Waals surface area contributed by atoms with Gasteiger partial charge in [-0.05, 0) is 26.0 Å². The van der Waals surface area contributed by atoms with Crippen LogP contribution in [0.15, 0.2) is 10.5 Å². The number of nitrogen functional groups attached to an aromatic ring is 1. The SMILES string of the molecule is Cc1cc(CN2CCCS(=O)(=O)CC2)oc1C(=O)NN. The standard InChI is InChI=1S/C12H19N3O4S/c1-9-7-10(19-11(9)12(16)14-13)8-15-3-2-5-20(17,18)6-4-15/h7H,2-6,8,13H2,1H3,(H,14,16). The zero-order chi connectivity index (χ0) is 14.8.